The van der Waals surface area contributed by atoms with Crippen LogP contribution in [0.4, 0.5) is 21.2 Å². The van der Waals surface area contributed by atoms with Gasteiger partial charge < -0.3 is 20.5 Å². The summed E-state index contributed by atoms with van der Waals surface area (Å²) in [6.45, 7) is 7.13. The standard InChI is InChI=1S/C15H20ClN7O5/c1-4-7-18-11-9(16)19-8(10(17)20-11)12(24)21-13(22-14(25)27-5-2)23-15(26)28-6-3/h4H,1,5-7H2,2-3H3,(H3,17,18,20)(H2,21,22,23,24,25,26). The number of aromatic nitrogens is 2. The number of halogens is 1. The number of rotatable bonds is 6. The zero-order valence-corrected chi connectivity index (χ0v) is 16.0. The highest BCUT2D eigenvalue weighted by molar-refractivity contribution is 6.32. The van der Waals surface area contributed by atoms with E-state index in [-0.39, 0.29) is 35.7 Å². The summed E-state index contributed by atoms with van der Waals surface area (Å²) in [6, 6.07) is 0. The van der Waals surface area contributed by atoms with Crippen molar-refractivity contribution in [2.24, 2.45) is 4.99 Å². The first kappa shape index (κ1) is 22.6. The van der Waals surface area contributed by atoms with E-state index in [4.69, 9.17) is 17.3 Å². The van der Waals surface area contributed by atoms with Crippen molar-refractivity contribution in [3.63, 3.8) is 0 Å². The van der Waals surface area contributed by atoms with Gasteiger partial charge in [0.25, 0.3) is 0 Å². The molecule has 3 amide bonds. The van der Waals surface area contributed by atoms with Crippen molar-refractivity contribution in [3.05, 3.63) is 23.5 Å². The molecule has 0 aliphatic rings. The lowest BCUT2D eigenvalue weighted by Gasteiger charge is -2.10. The quantitative estimate of drug-likeness (QED) is 0.304. The van der Waals surface area contributed by atoms with Crippen molar-refractivity contribution >= 4 is 47.3 Å². The minimum atomic E-state index is -1.02. The summed E-state index contributed by atoms with van der Waals surface area (Å²) in [5.74, 6) is -1.69. The lowest BCUT2D eigenvalue weighted by molar-refractivity contribution is 0.0998. The Morgan fingerprint density at radius 2 is 1.75 bits per heavy atom. The monoisotopic (exact) mass is 413 g/mol. The van der Waals surface area contributed by atoms with E-state index >= 15 is 0 Å². The second-order valence-corrected chi connectivity index (χ2v) is 5.08. The molecule has 1 rings (SSSR count). The number of alkyl carbamates (subject to hydrolysis) is 2. The second kappa shape index (κ2) is 11.3. The Hall–Kier alpha value is -3.41. The second-order valence-electron chi connectivity index (χ2n) is 4.72. The Labute approximate surface area is 165 Å². The molecule has 1 heterocycles. The Bertz CT molecular complexity index is 762. The summed E-state index contributed by atoms with van der Waals surface area (Å²) in [5, 5.41) is 6.85. The molecular formula is C15H20ClN7O5. The molecule has 1 aromatic heterocycles. The molecule has 0 saturated carbocycles. The number of carbonyl (C=O) groups excluding carboxylic acids is 3. The van der Waals surface area contributed by atoms with Crippen molar-refractivity contribution in [3.8, 4) is 0 Å². The highest BCUT2D eigenvalue weighted by Gasteiger charge is 2.19. The van der Waals surface area contributed by atoms with Gasteiger partial charge >= 0.3 is 18.1 Å². The number of aliphatic imine (C=N–C) groups is 1. The van der Waals surface area contributed by atoms with E-state index in [9.17, 15) is 14.4 Å². The molecule has 0 spiro atoms. The van der Waals surface area contributed by atoms with Gasteiger partial charge in [-0.25, -0.2) is 19.6 Å². The van der Waals surface area contributed by atoms with Gasteiger partial charge in [0.15, 0.2) is 22.5 Å². The molecule has 12 nitrogen and oxygen atoms in total. The largest absolute Gasteiger partial charge is 0.450 e. The highest BCUT2D eigenvalue weighted by atomic mass is 35.5. The molecule has 0 atom stereocenters. The maximum atomic E-state index is 12.4. The molecule has 0 bridgehead atoms. The molecule has 152 valence electrons. The molecule has 0 aliphatic carbocycles. The van der Waals surface area contributed by atoms with Crippen molar-refractivity contribution in [1.29, 1.82) is 0 Å². The number of nitrogens with zero attached hydrogens (tertiary/aromatic N) is 3. The lowest BCUT2D eigenvalue weighted by atomic mass is 10.4. The molecule has 0 unspecified atom stereocenters. The predicted octanol–water partition coefficient (Wildman–Crippen LogP) is 1.30. The maximum Gasteiger partial charge on any atom is 0.413 e. The third-order valence-electron chi connectivity index (χ3n) is 2.70. The van der Waals surface area contributed by atoms with Crippen LogP contribution in [0.1, 0.15) is 24.3 Å². The van der Waals surface area contributed by atoms with E-state index in [1.54, 1.807) is 19.9 Å². The number of amides is 3. The number of nitrogen functional groups attached to an aromatic ring is 1. The van der Waals surface area contributed by atoms with Crippen LogP contribution in [0.3, 0.4) is 0 Å². The minimum Gasteiger partial charge on any atom is -0.450 e. The number of nitrogens with two attached hydrogens (primary N) is 1. The number of ether oxygens (including phenoxy) is 2. The molecular weight excluding hydrogens is 394 g/mol. The van der Waals surface area contributed by atoms with Gasteiger partial charge in [-0.05, 0) is 13.8 Å². The third kappa shape index (κ3) is 7.07. The molecule has 0 aromatic carbocycles. The summed E-state index contributed by atoms with van der Waals surface area (Å²) < 4.78 is 9.35. The topological polar surface area (TPSA) is 170 Å². The van der Waals surface area contributed by atoms with E-state index in [2.05, 4.69) is 47.0 Å². The fourth-order valence-electron chi connectivity index (χ4n) is 1.64. The fraction of sp³-hybridized carbons (Fsp3) is 0.333. The molecule has 0 radical (unpaired) electrons. The summed E-state index contributed by atoms with van der Waals surface area (Å²) in [7, 11) is 0. The van der Waals surface area contributed by atoms with E-state index in [0.717, 1.165) is 0 Å². The van der Waals surface area contributed by atoms with Crippen molar-refractivity contribution in [1.82, 2.24) is 20.6 Å². The average molecular weight is 414 g/mol. The number of hydrogen-bond donors (Lipinski definition) is 4. The van der Waals surface area contributed by atoms with Crippen LogP contribution >= 0.6 is 11.6 Å². The van der Waals surface area contributed by atoms with Crippen LogP contribution in [0.25, 0.3) is 0 Å². The zero-order valence-electron chi connectivity index (χ0n) is 15.2. The molecule has 13 heteroatoms. The number of hydrogen-bond acceptors (Lipinski definition) is 9. The smallest absolute Gasteiger partial charge is 0.413 e. The number of guanidine groups is 1. The van der Waals surface area contributed by atoms with Crippen molar-refractivity contribution in [2.75, 3.05) is 30.8 Å². The summed E-state index contributed by atoms with van der Waals surface area (Å²) in [5.41, 5.74) is 5.34. The highest BCUT2D eigenvalue weighted by Crippen LogP contribution is 2.20. The molecule has 28 heavy (non-hydrogen) atoms. The first-order valence-electron chi connectivity index (χ1n) is 8.00. The Balaban J connectivity index is 3.12. The van der Waals surface area contributed by atoms with Crippen LogP contribution in [0, 0.1) is 0 Å². The summed E-state index contributed by atoms with van der Waals surface area (Å²) in [6.07, 6.45) is -0.342. The first-order chi connectivity index (χ1) is 13.3. The number of carbonyl (C=O) groups is 3. The van der Waals surface area contributed by atoms with Crippen LogP contribution in [-0.4, -0.2) is 53.8 Å². The van der Waals surface area contributed by atoms with E-state index in [1.165, 1.54) is 0 Å². The van der Waals surface area contributed by atoms with Crippen LogP contribution < -0.4 is 21.7 Å². The van der Waals surface area contributed by atoms with Gasteiger partial charge in [0, 0.05) is 6.54 Å². The van der Waals surface area contributed by atoms with Crippen LogP contribution in [0.15, 0.2) is 17.6 Å². The summed E-state index contributed by atoms with van der Waals surface area (Å²) in [4.78, 5) is 46.9. The van der Waals surface area contributed by atoms with Gasteiger partial charge in [-0.15, -0.1) is 6.58 Å². The molecule has 5 N–H and O–H groups in total. The Morgan fingerprint density at radius 3 is 2.25 bits per heavy atom. The van der Waals surface area contributed by atoms with Gasteiger partial charge in [-0.3, -0.25) is 15.4 Å². The number of nitrogens with one attached hydrogen (secondary N) is 3. The van der Waals surface area contributed by atoms with Crippen LogP contribution in [-0.2, 0) is 9.47 Å². The third-order valence-corrected chi connectivity index (χ3v) is 2.97. The van der Waals surface area contributed by atoms with Crippen molar-refractivity contribution < 1.29 is 23.9 Å². The van der Waals surface area contributed by atoms with Gasteiger partial charge in [0.1, 0.15) is 0 Å². The summed E-state index contributed by atoms with van der Waals surface area (Å²) >= 11 is 5.96. The van der Waals surface area contributed by atoms with Crippen LogP contribution in [0.2, 0.25) is 5.15 Å². The molecule has 0 aliphatic heterocycles. The maximum absolute atomic E-state index is 12.4. The Morgan fingerprint density at radius 1 is 1.18 bits per heavy atom. The van der Waals surface area contributed by atoms with Gasteiger partial charge in [0.2, 0.25) is 5.96 Å². The van der Waals surface area contributed by atoms with Crippen molar-refractivity contribution in [2.45, 2.75) is 13.8 Å². The predicted molar refractivity (Wildman–Crippen MR) is 102 cm³/mol. The lowest BCUT2D eigenvalue weighted by Crippen LogP contribution is -2.44. The van der Waals surface area contributed by atoms with E-state index in [0.29, 0.717) is 6.54 Å². The minimum absolute atomic E-state index is 0.0552. The molecule has 0 fully saturated rings. The molecule has 1 aromatic rings. The fourth-order valence-corrected chi connectivity index (χ4v) is 1.83. The van der Waals surface area contributed by atoms with Gasteiger partial charge in [-0.1, -0.05) is 17.7 Å². The van der Waals surface area contributed by atoms with E-state index < -0.39 is 24.1 Å². The van der Waals surface area contributed by atoms with E-state index in [1.807, 2.05) is 0 Å². The van der Waals surface area contributed by atoms with Gasteiger partial charge in [0.05, 0.1) is 13.2 Å². The molecule has 0 saturated heterocycles. The average Bonchev–Trinajstić information content (AvgIpc) is 2.62. The zero-order chi connectivity index (χ0) is 21.1. The Kier molecular flexibility index (Phi) is 9.16. The van der Waals surface area contributed by atoms with Crippen LogP contribution in [0.5, 0.6) is 0 Å². The van der Waals surface area contributed by atoms with Gasteiger partial charge in [-0.2, -0.15) is 4.99 Å². The number of anilines is 2. The SMILES string of the molecule is C=CCNc1nc(N)c(C(=O)N=C(NC(=O)OCC)NC(=O)OCC)nc1Cl. The first-order valence-corrected chi connectivity index (χ1v) is 8.38. The normalized spacial score (nSPS) is 9.68.